The monoisotopic (exact) mass is 437 g/mol. The van der Waals surface area contributed by atoms with Gasteiger partial charge in [-0.15, -0.1) is 5.10 Å². The van der Waals surface area contributed by atoms with Gasteiger partial charge >= 0.3 is 5.84 Å². The number of aromatic nitrogens is 3. The summed E-state index contributed by atoms with van der Waals surface area (Å²) in [6, 6.07) is 17.4. The first kappa shape index (κ1) is 21.1. The molecule has 160 valence electrons. The van der Waals surface area contributed by atoms with Crippen molar-refractivity contribution in [3.05, 3.63) is 76.6 Å². The second-order valence-corrected chi connectivity index (χ2v) is 8.09. The Kier molecular flexibility index (Phi) is 6.06. The molecule has 0 unspecified atom stereocenters. The average Bonchev–Trinajstić information content (AvgIpc) is 3.31. The molecule has 4 rings (SSSR count). The fourth-order valence-corrected chi connectivity index (χ4v) is 3.58. The lowest BCUT2D eigenvalue weighted by Crippen LogP contribution is -2.30. The van der Waals surface area contributed by atoms with Crippen LogP contribution >= 0.6 is 11.6 Å². The quantitative estimate of drug-likeness (QED) is 0.437. The molecule has 2 aromatic heterocycles. The minimum atomic E-state index is -0.195. The molecular weight excluding hydrogens is 414 g/mol. The van der Waals surface area contributed by atoms with Crippen LogP contribution in [0, 0.1) is 0 Å². The first-order chi connectivity index (χ1) is 14.9. The highest BCUT2D eigenvalue weighted by Gasteiger charge is 2.27. The first-order valence-electron chi connectivity index (χ1n) is 10.0. The van der Waals surface area contributed by atoms with Gasteiger partial charge < -0.3 is 14.2 Å². The average molecular weight is 438 g/mol. The Bertz CT molecular complexity index is 1200. The summed E-state index contributed by atoms with van der Waals surface area (Å²) in [5, 5.41) is 5.14. The Balaban J connectivity index is 1.64. The third kappa shape index (κ3) is 4.47. The number of halogens is 1. The number of amides is 1. The van der Waals surface area contributed by atoms with E-state index in [2.05, 4.69) is 22.2 Å². The summed E-state index contributed by atoms with van der Waals surface area (Å²) in [6.07, 6.45) is 0.763. The van der Waals surface area contributed by atoms with Gasteiger partial charge in [-0.3, -0.25) is 4.79 Å². The number of carbonyl (C=O) groups is 1. The maximum absolute atomic E-state index is 13.2. The zero-order valence-electron chi connectivity index (χ0n) is 17.7. The molecule has 0 fully saturated rings. The van der Waals surface area contributed by atoms with Gasteiger partial charge in [0.1, 0.15) is 5.69 Å². The zero-order chi connectivity index (χ0) is 22.0. The molecule has 8 heteroatoms. The van der Waals surface area contributed by atoms with Crippen molar-refractivity contribution >= 4 is 23.4 Å². The van der Waals surface area contributed by atoms with Crippen LogP contribution in [-0.4, -0.2) is 58.0 Å². The van der Waals surface area contributed by atoms with Gasteiger partial charge in [-0.2, -0.15) is 9.50 Å². The highest BCUT2D eigenvalue weighted by atomic mass is 35.5. The van der Waals surface area contributed by atoms with Crippen molar-refractivity contribution in [3.8, 4) is 11.4 Å². The van der Waals surface area contributed by atoms with Gasteiger partial charge in [-0.25, -0.2) is 0 Å². The van der Waals surface area contributed by atoms with Crippen LogP contribution in [0.5, 0.6) is 0 Å². The van der Waals surface area contributed by atoms with Crippen molar-refractivity contribution in [2.24, 2.45) is 0 Å². The number of benzene rings is 2. The first-order valence-corrected chi connectivity index (χ1v) is 10.4. The molecular formula is C23H24ClN5O2. The van der Waals surface area contributed by atoms with Gasteiger partial charge in [-0.1, -0.05) is 54.1 Å². The standard InChI is InChI=1S/C23H24ClN5O2/c1-27(2)15-19-20(22(30)28(3)14-13-16-9-5-4-6-10-16)31-23-25-21(26-29(19)23)17-11-7-8-12-18(17)24/h4-12H,13-15H2,1-3H3. The van der Waals surface area contributed by atoms with Crippen LogP contribution < -0.4 is 0 Å². The van der Waals surface area contributed by atoms with Crippen LogP contribution in [0.2, 0.25) is 5.02 Å². The summed E-state index contributed by atoms with van der Waals surface area (Å²) in [7, 11) is 5.63. The van der Waals surface area contributed by atoms with Crippen LogP contribution in [0.25, 0.3) is 17.2 Å². The maximum Gasteiger partial charge on any atom is 0.325 e. The van der Waals surface area contributed by atoms with Crippen LogP contribution in [0.3, 0.4) is 0 Å². The molecule has 0 radical (unpaired) electrons. The molecule has 0 saturated heterocycles. The molecule has 0 bridgehead atoms. The van der Waals surface area contributed by atoms with Crippen molar-refractivity contribution < 1.29 is 9.21 Å². The number of hydrogen-bond acceptors (Lipinski definition) is 5. The van der Waals surface area contributed by atoms with E-state index in [9.17, 15) is 4.79 Å². The van der Waals surface area contributed by atoms with Crippen LogP contribution in [0.15, 0.2) is 59.0 Å². The van der Waals surface area contributed by atoms with E-state index in [0.29, 0.717) is 35.2 Å². The number of oxazole rings is 1. The minimum absolute atomic E-state index is 0.195. The summed E-state index contributed by atoms with van der Waals surface area (Å²) < 4.78 is 7.50. The summed E-state index contributed by atoms with van der Waals surface area (Å²) >= 11 is 6.30. The summed E-state index contributed by atoms with van der Waals surface area (Å²) in [5.41, 5.74) is 2.55. The Labute approximate surface area is 185 Å². The largest absolute Gasteiger partial charge is 0.416 e. The molecule has 2 heterocycles. The predicted octanol–water partition coefficient (Wildman–Crippen LogP) is 4.02. The Hall–Kier alpha value is -3.16. The van der Waals surface area contributed by atoms with E-state index in [1.165, 1.54) is 5.56 Å². The molecule has 0 aliphatic carbocycles. The van der Waals surface area contributed by atoms with Crippen molar-refractivity contribution in [1.29, 1.82) is 0 Å². The lowest BCUT2D eigenvalue weighted by molar-refractivity contribution is 0.0764. The van der Waals surface area contributed by atoms with Gasteiger partial charge in [0.2, 0.25) is 5.76 Å². The minimum Gasteiger partial charge on any atom is -0.416 e. The summed E-state index contributed by atoms with van der Waals surface area (Å²) in [6.45, 7) is 1.05. The van der Waals surface area contributed by atoms with E-state index in [0.717, 1.165) is 6.42 Å². The van der Waals surface area contributed by atoms with Gasteiger partial charge in [0.25, 0.3) is 5.91 Å². The van der Waals surface area contributed by atoms with Crippen molar-refractivity contribution in [3.63, 3.8) is 0 Å². The highest BCUT2D eigenvalue weighted by Crippen LogP contribution is 2.27. The number of fused-ring (bicyclic) bond motifs is 1. The molecule has 31 heavy (non-hydrogen) atoms. The molecule has 0 spiro atoms. The molecule has 0 N–H and O–H groups in total. The number of hydrogen-bond donors (Lipinski definition) is 0. The number of rotatable bonds is 7. The van der Waals surface area contributed by atoms with Crippen LogP contribution in [-0.2, 0) is 13.0 Å². The Morgan fingerprint density at radius 3 is 2.48 bits per heavy atom. The SMILES string of the molecule is CN(C)Cc1c(C(=O)N(C)CCc2ccccc2)oc2nc(-c3ccccc3Cl)nn12. The Morgan fingerprint density at radius 1 is 1.06 bits per heavy atom. The van der Waals surface area contributed by atoms with E-state index in [4.69, 9.17) is 16.0 Å². The second kappa shape index (κ2) is 8.91. The highest BCUT2D eigenvalue weighted by molar-refractivity contribution is 6.33. The molecule has 4 aromatic rings. The van der Waals surface area contributed by atoms with Gasteiger partial charge in [-0.05, 0) is 38.2 Å². The van der Waals surface area contributed by atoms with E-state index in [1.54, 1.807) is 22.5 Å². The summed E-state index contributed by atoms with van der Waals surface area (Å²) in [5.74, 6) is 0.789. The van der Waals surface area contributed by atoms with Crippen molar-refractivity contribution in [1.82, 2.24) is 24.4 Å². The lowest BCUT2D eigenvalue weighted by Gasteiger charge is -2.17. The number of carbonyl (C=O) groups excluding carboxylic acids is 1. The topological polar surface area (TPSA) is 66.9 Å². The van der Waals surface area contributed by atoms with Gasteiger partial charge in [0, 0.05) is 25.7 Å². The zero-order valence-corrected chi connectivity index (χ0v) is 18.5. The van der Waals surface area contributed by atoms with Crippen molar-refractivity contribution in [2.75, 3.05) is 27.7 Å². The predicted molar refractivity (Wildman–Crippen MR) is 120 cm³/mol. The molecule has 0 saturated carbocycles. The van der Waals surface area contributed by atoms with E-state index >= 15 is 0 Å². The fourth-order valence-electron chi connectivity index (χ4n) is 3.36. The molecule has 7 nitrogen and oxygen atoms in total. The van der Waals surface area contributed by atoms with E-state index in [-0.39, 0.29) is 17.5 Å². The smallest absolute Gasteiger partial charge is 0.325 e. The normalized spacial score (nSPS) is 11.4. The fraction of sp³-hybridized carbons (Fsp3) is 0.261. The molecule has 1 amide bonds. The summed E-state index contributed by atoms with van der Waals surface area (Å²) in [4.78, 5) is 21.3. The lowest BCUT2D eigenvalue weighted by atomic mass is 10.1. The second-order valence-electron chi connectivity index (χ2n) is 7.69. The third-order valence-corrected chi connectivity index (χ3v) is 5.32. The molecule has 0 aliphatic heterocycles. The number of nitrogens with zero attached hydrogens (tertiary/aromatic N) is 5. The van der Waals surface area contributed by atoms with Crippen LogP contribution in [0.1, 0.15) is 21.8 Å². The third-order valence-electron chi connectivity index (χ3n) is 4.99. The van der Waals surface area contributed by atoms with Gasteiger partial charge in [0.05, 0.1) is 5.02 Å². The van der Waals surface area contributed by atoms with Crippen LogP contribution in [0.4, 0.5) is 0 Å². The molecule has 0 aliphatic rings. The molecule has 0 atom stereocenters. The van der Waals surface area contributed by atoms with E-state index in [1.807, 2.05) is 55.4 Å². The van der Waals surface area contributed by atoms with Crippen molar-refractivity contribution in [2.45, 2.75) is 13.0 Å². The Morgan fingerprint density at radius 2 is 1.77 bits per heavy atom. The van der Waals surface area contributed by atoms with Gasteiger partial charge in [0.15, 0.2) is 5.82 Å². The maximum atomic E-state index is 13.2. The molecule has 2 aromatic carbocycles. The van der Waals surface area contributed by atoms with E-state index < -0.39 is 0 Å². The number of likely N-dealkylation sites (N-methyl/N-ethyl adjacent to an activating group) is 1.